The molecule has 1 unspecified atom stereocenters. The number of nitrogens with one attached hydrogen (secondary N) is 1. The van der Waals surface area contributed by atoms with Gasteiger partial charge in [0.1, 0.15) is 0 Å². The summed E-state index contributed by atoms with van der Waals surface area (Å²) in [6, 6.07) is 20.0. The van der Waals surface area contributed by atoms with Crippen LogP contribution in [0.5, 0.6) is 0 Å². The smallest absolute Gasteiger partial charge is 0.0473 e. The second kappa shape index (κ2) is 7.96. The zero-order valence-corrected chi connectivity index (χ0v) is 13.3. The first-order valence-corrected chi connectivity index (χ1v) is 7.72. The number of nitrogens with zero attached hydrogens (tertiary/aromatic N) is 1. The Morgan fingerprint density at radius 2 is 1.67 bits per heavy atom. The summed E-state index contributed by atoms with van der Waals surface area (Å²) in [5.41, 5.74) is 4.04. The Labute approximate surface area is 128 Å². The van der Waals surface area contributed by atoms with Gasteiger partial charge in [0.2, 0.25) is 0 Å². The van der Waals surface area contributed by atoms with Crippen LogP contribution in [0.1, 0.15) is 29.7 Å². The minimum atomic E-state index is 0.396. The molecule has 2 rings (SSSR count). The van der Waals surface area contributed by atoms with Crippen LogP contribution in [0.4, 0.5) is 0 Å². The fourth-order valence-electron chi connectivity index (χ4n) is 2.58. The van der Waals surface area contributed by atoms with Gasteiger partial charge in [0.05, 0.1) is 0 Å². The van der Waals surface area contributed by atoms with Crippen LogP contribution in [-0.4, -0.2) is 25.0 Å². The molecule has 0 heterocycles. The molecule has 112 valence electrons. The maximum atomic E-state index is 3.48. The van der Waals surface area contributed by atoms with Crippen LogP contribution < -0.4 is 5.32 Å². The SMILES string of the molecule is CCNCC(c1ccccc1)N(C)Cc1ccc(C)cc1. The molecule has 0 aliphatic carbocycles. The van der Waals surface area contributed by atoms with E-state index >= 15 is 0 Å². The normalized spacial score (nSPS) is 12.6. The Kier molecular flexibility index (Phi) is 5.97. The highest BCUT2D eigenvalue weighted by molar-refractivity contribution is 5.23. The summed E-state index contributed by atoms with van der Waals surface area (Å²) < 4.78 is 0. The van der Waals surface area contributed by atoms with E-state index < -0.39 is 0 Å². The van der Waals surface area contributed by atoms with Crippen molar-refractivity contribution in [3.8, 4) is 0 Å². The second-order valence-corrected chi connectivity index (χ2v) is 5.63. The molecule has 0 saturated heterocycles. The van der Waals surface area contributed by atoms with Crippen molar-refractivity contribution in [2.75, 3.05) is 20.1 Å². The fourth-order valence-corrected chi connectivity index (χ4v) is 2.58. The van der Waals surface area contributed by atoms with Crippen LogP contribution in [0.15, 0.2) is 54.6 Å². The minimum Gasteiger partial charge on any atom is -0.315 e. The van der Waals surface area contributed by atoms with Crippen LogP contribution in [0.25, 0.3) is 0 Å². The van der Waals surface area contributed by atoms with Crippen LogP contribution in [-0.2, 0) is 6.54 Å². The molecule has 0 amide bonds. The van der Waals surface area contributed by atoms with Crippen LogP contribution in [0.3, 0.4) is 0 Å². The summed E-state index contributed by atoms with van der Waals surface area (Å²) in [4.78, 5) is 2.42. The summed E-state index contributed by atoms with van der Waals surface area (Å²) in [5, 5.41) is 3.48. The molecule has 1 atom stereocenters. The molecule has 2 aromatic carbocycles. The third kappa shape index (κ3) is 4.69. The molecule has 0 aromatic heterocycles. The summed E-state index contributed by atoms with van der Waals surface area (Å²) in [5.74, 6) is 0. The quantitative estimate of drug-likeness (QED) is 0.831. The van der Waals surface area contributed by atoms with Crippen LogP contribution in [0, 0.1) is 6.92 Å². The third-order valence-corrected chi connectivity index (χ3v) is 3.86. The zero-order chi connectivity index (χ0) is 15.1. The molecule has 0 fully saturated rings. The molecular formula is C19H26N2. The van der Waals surface area contributed by atoms with Crippen molar-refractivity contribution in [3.63, 3.8) is 0 Å². The van der Waals surface area contributed by atoms with Gasteiger partial charge in [-0.2, -0.15) is 0 Å². The van der Waals surface area contributed by atoms with Gasteiger partial charge in [-0.1, -0.05) is 67.1 Å². The molecule has 0 saturated carbocycles. The van der Waals surface area contributed by atoms with Gasteiger partial charge in [-0.05, 0) is 31.6 Å². The Bertz CT molecular complexity index is 519. The average molecular weight is 282 g/mol. The Morgan fingerprint density at radius 1 is 1.00 bits per heavy atom. The zero-order valence-electron chi connectivity index (χ0n) is 13.3. The average Bonchev–Trinajstić information content (AvgIpc) is 2.51. The predicted molar refractivity (Wildman–Crippen MR) is 90.4 cm³/mol. The molecular weight excluding hydrogens is 256 g/mol. The number of rotatable bonds is 7. The molecule has 1 N–H and O–H groups in total. The van der Waals surface area contributed by atoms with Gasteiger partial charge in [-0.15, -0.1) is 0 Å². The Balaban J connectivity index is 2.10. The first-order chi connectivity index (χ1) is 10.2. The predicted octanol–water partition coefficient (Wildman–Crippen LogP) is 3.78. The Hall–Kier alpha value is -1.64. The summed E-state index contributed by atoms with van der Waals surface area (Å²) in [6.45, 7) is 7.23. The van der Waals surface area contributed by atoms with E-state index in [1.807, 2.05) is 0 Å². The molecule has 0 aliphatic rings. The van der Waals surface area contributed by atoms with Crippen molar-refractivity contribution in [3.05, 3.63) is 71.3 Å². The maximum Gasteiger partial charge on any atom is 0.0473 e. The van der Waals surface area contributed by atoms with E-state index in [0.717, 1.165) is 19.6 Å². The molecule has 2 aromatic rings. The van der Waals surface area contributed by atoms with E-state index in [-0.39, 0.29) is 0 Å². The molecule has 2 heteroatoms. The maximum absolute atomic E-state index is 3.48. The largest absolute Gasteiger partial charge is 0.315 e. The van der Waals surface area contributed by atoms with Crippen molar-refractivity contribution >= 4 is 0 Å². The summed E-state index contributed by atoms with van der Waals surface area (Å²) >= 11 is 0. The first-order valence-electron chi connectivity index (χ1n) is 7.72. The minimum absolute atomic E-state index is 0.396. The highest BCUT2D eigenvalue weighted by Crippen LogP contribution is 2.20. The number of likely N-dealkylation sites (N-methyl/N-ethyl adjacent to an activating group) is 2. The van der Waals surface area contributed by atoms with Gasteiger partial charge >= 0.3 is 0 Å². The summed E-state index contributed by atoms with van der Waals surface area (Å²) in [6.07, 6.45) is 0. The second-order valence-electron chi connectivity index (χ2n) is 5.63. The Morgan fingerprint density at radius 3 is 2.29 bits per heavy atom. The number of benzene rings is 2. The molecule has 0 bridgehead atoms. The number of hydrogen-bond acceptors (Lipinski definition) is 2. The van der Waals surface area contributed by atoms with Crippen LogP contribution in [0.2, 0.25) is 0 Å². The molecule has 0 radical (unpaired) electrons. The van der Waals surface area contributed by atoms with Crippen LogP contribution >= 0.6 is 0 Å². The lowest BCUT2D eigenvalue weighted by molar-refractivity contribution is 0.231. The third-order valence-electron chi connectivity index (χ3n) is 3.86. The van der Waals surface area contributed by atoms with E-state index in [9.17, 15) is 0 Å². The lowest BCUT2D eigenvalue weighted by Gasteiger charge is -2.29. The topological polar surface area (TPSA) is 15.3 Å². The van der Waals surface area contributed by atoms with Crippen molar-refractivity contribution < 1.29 is 0 Å². The van der Waals surface area contributed by atoms with Crippen molar-refractivity contribution in [2.45, 2.75) is 26.4 Å². The number of hydrogen-bond donors (Lipinski definition) is 1. The standard InChI is InChI=1S/C19H26N2/c1-4-20-14-19(18-8-6-5-7-9-18)21(3)15-17-12-10-16(2)11-13-17/h5-13,19-20H,4,14-15H2,1-3H3. The van der Waals surface area contributed by atoms with Crippen molar-refractivity contribution in [1.29, 1.82) is 0 Å². The van der Waals surface area contributed by atoms with E-state index in [1.165, 1.54) is 16.7 Å². The lowest BCUT2D eigenvalue weighted by atomic mass is 10.0. The summed E-state index contributed by atoms with van der Waals surface area (Å²) in [7, 11) is 2.20. The van der Waals surface area contributed by atoms with Gasteiger partial charge < -0.3 is 5.32 Å². The molecule has 0 aliphatic heterocycles. The highest BCUT2D eigenvalue weighted by atomic mass is 15.1. The van der Waals surface area contributed by atoms with Crippen molar-refractivity contribution in [1.82, 2.24) is 10.2 Å². The van der Waals surface area contributed by atoms with Gasteiger partial charge in [0, 0.05) is 19.1 Å². The van der Waals surface area contributed by atoms with Gasteiger partial charge in [0.25, 0.3) is 0 Å². The van der Waals surface area contributed by atoms with E-state index in [4.69, 9.17) is 0 Å². The van der Waals surface area contributed by atoms with Gasteiger partial charge in [-0.25, -0.2) is 0 Å². The van der Waals surface area contributed by atoms with Gasteiger partial charge in [-0.3, -0.25) is 4.90 Å². The van der Waals surface area contributed by atoms with E-state index in [1.54, 1.807) is 0 Å². The monoisotopic (exact) mass is 282 g/mol. The van der Waals surface area contributed by atoms with Gasteiger partial charge in [0.15, 0.2) is 0 Å². The highest BCUT2D eigenvalue weighted by Gasteiger charge is 2.16. The van der Waals surface area contributed by atoms with E-state index in [2.05, 4.69) is 85.7 Å². The first kappa shape index (κ1) is 15.7. The lowest BCUT2D eigenvalue weighted by Crippen LogP contribution is -2.33. The fraction of sp³-hybridized carbons (Fsp3) is 0.368. The molecule has 0 spiro atoms. The number of aryl methyl sites for hydroxylation is 1. The van der Waals surface area contributed by atoms with E-state index in [0.29, 0.717) is 6.04 Å². The molecule has 2 nitrogen and oxygen atoms in total. The van der Waals surface area contributed by atoms with Crippen molar-refractivity contribution in [2.24, 2.45) is 0 Å². The molecule has 21 heavy (non-hydrogen) atoms.